The molecule has 6 rings (SSSR count). The van der Waals surface area contributed by atoms with Crippen LogP contribution in [0.4, 0.5) is 0 Å². The van der Waals surface area contributed by atoms with Crippen molar-refractivity contribution < 1.29 is 5.11 Å². The summed E-state index contributed by atoms with van der Waals surface area (Å²) < 4.78 is 2.12. The van der Waals surface area contributed by atoms with Crippen molar-refractivity contribution in [2.45, 2.75) is 46.5 Å². The number of para-hydroxylation sites is 2. The van der Waals surface area contributed by atoms with Gasteiger partial charge in [-0.1, -0.05) is 71.0 Å². The van der Waals surface area contributed by atoms with Crippen molar-refractivity contribution in [2.75, 3.05) is 0 Å². The molecule has 0 aliphatic heterocycles. The monoisotopic (exact) mass is 552 g/mol. The number of phenols is 1. The smallest absolute Gasteiger partial charge is 0.149 e. The first-order chi connectivity index (χ1) is 20.2. The fourth-order valence-corrected chi connectivity index (χ4v) is 5.66. The second-order valence-electron chi connectivity index (χ2n) is 12.3. The van der Waals surface area contributed by atoms with E-state index in [9.17, 15) is 5.11 Å². The Balaban J connectivity index is 1.64. The molecular formula is C37H36N4O. The van der Waals surface area contributed by atoms with Crippen LogP contribution in [0.5, 0.6) is 5.75 Å². The number of benzene rings is 3. The fraction of sp³-hybridized carbons (Fsp3) is 0.216. The lowest BCUT2D eigenvalue weighted by molar-refractivity contribution is 0.448. The van der Waals surface area contributed by atoms with Crippen LogP contribution in [-0.4, -0.2) is 24.6 Å². The summed E-state index contributed by atoms with van der Waals surface area (Å²) in [6.07, 6.45) is 4.62. The molecule has 42 heavy (non-hydrogen) atoms. The number of hydrogen-bond donors (Lipinski definition) is 1. The summed E-state index contributed by atoms with van der Waals surface area (Å²) in [6.45, 7) is 10.8. The van der Waals surface area contributed by atoms with E-state index in [1.165, 1.54) is 5.56 Å². The highest BCUT2D eigenvalue weighted by atomic mass is 16.3. The molecule has 3 heterocycles. The topological polar surface area (TPSA) is 63.8 Å². The zero-order valence-electron chi connectivity index (χ0n) is 24.8. The first kappa shape index (κ1) is 27.4. The third-order valence-corrected chi connectivity index (χ3v) is 7.54. The summed E-state index contributed by atoms with van der Waals surface area (Å²) in [5, 5.41) is 11.6. The van der Waals surface area contributed by atoms with Crippen molar-refractivity contribution in [2.24, 2.45) is 5.92 Å². The van der Waals surface area contributed by atoms with Gasteiger partial charge in [0, 0.05) is 29.2 Å². The highest BCUT2D eigenvalue weighted by Crippen LogP contribution is 2.41. The first-order valence-electron chi connectivity index (χ1n) is 14.5. The van der Waals surface area contributed by atoms with E-state index in [4.69, 9.17) is 9.97 Å². The Kier molecular flexibility index (Phi) is 7.11. The second-order valence-corrected chi connectivity index (χ2v) is 12.3. The number of imidazole rings is 1. The van der Waals surface area contributed by atoms with Crippen molar-refractivity contribution in [1.29, 1.82) is 0 Å². The van der Waals surface area contributed by atoms with Crippen LogP contribution in [0.2, 0.25) is 0 Å². The lowest BCUT2D eigenvalue weighted by Crippen LogP contribution is -2.11. The van der Waals surface area contributed by atoms with Crippen molar-refractivity contribution in [1.82, 2.24) is 19.5 Å². The minimum Gasteiger partial charge on any atom is -0.507 e. The molecule has 5 nitrogen and oxygen atoms in total. The van der Waals surface area contributed by atoms with E-state index >= 15 is 0 Å². The molecule has 5 heteroatoms. The maximum atomic E-state index is 11.6. The molecule has 3 aromatic carbocycles. The molecule has 1 N–H and O–H groups in total. The van der Waals surface area contributed by atoms with Gasteiger partial charge in [0.2, 0.25) is 0 Å². The van der Waals surface area contributed by atoms with Crippen LogP contribution in [0.3, 0.4) is 0 Å². The number of fused-ring (bicyclic) bond motifs is 1. The summed E-state index contributed by atoms with van der Waals surface area (Å²) in [6, 6.07) is 30.7. The molecule has 0 atom stereocenters. The Morgan fingerprint density at radius 2 is 1.55 bits per heavy atom. The Bertz CT molecular complexity index is 1870. The van der Waals surface area contributed by atoms with Crippen molar-refractivity contribution in [3.05, 3.63) is 115 Å². The van der Waals surface area contributed by atoms with Crippen molar-refractivity contribution >= 4 is 11.0 Å². The Morgan fingerprint density at radius 1 is 0.786 bits per heavy atom. The van der Waals surface area contributed by atoms with Crippen LogP contribution in [0.1, 0.15) is 45.7 Å². The second kappa shape index (κ2) is 10.9. The maximum absolute atomic E-state index is 11.6. The van der Waals surface area contributed by atoms with E-state index in [-0.39, 0.29) is 11.2 Å². The number of phenolic OH excluding ortho intramolecular Hbond substituents is 1. The molecule has 0 radical (unpaired) electrons. The third-order valence-electron chi connectivity index (χ3n) is 7.54. The molecule has 210 valence electrons. The Labute approximate surface area is 247 Å². The largest absolute Gasteiger partial charge is 0.507 e. The highest BCUT2D eigenvalue weighted by Gasteiger charge is 2.25. The van der Waals surface area contributed by atoms with Gasteiger partial charge in [-0.2, -0.15) is 0 Å². The van der Waals surface area contributed by atoms with E-state index in [2.05, 4.69) is 74.5 Å². The molecule has 0 fully saturated rings. The molecule has 0 aliphatic rings. The number of nitrogens with zero attached hydrogens (tertiary/aromatic N) is 4. The lowest BCUT2D eigenvalue weighted by Gasteiger charge is -2.22. The summed E-state index contributed by atoms with van der Waals surface area (Å²) in [5.74, 6) is 1.43. The quantitative estimate of drug-likeness (QED) is 0.224. The van der Waals surface area contributed by atoms with Gasteiger partial charge in [0.05, 0.1) is 22.5 Å². The molecule has 6 aromatic rings. The molecule has 0 aliphatic carbocycles. The van der Waals surface area contributed by atoms with Gasteiger partial charge < -0.3 is 5.11 Å². The minimum atomic E-state index is -0.227. The SMILES string of the molecule is CC(C)Cc1cc(-c2ccccn2)cc(-c2nccc3c2nc(-c2cccc(C(C)(C)C)c2O)n3-c2ccccc2)c1. The van der Waals surface area contributed by atoms with Crippen LogP contribution < -0.4 is 0 Å². The van der Waals surface area contributed by atoms with Crippen LogP contribution in [0.25, 0.3) is 50.6 Å². The van der Waals surface area contributed by atoms with Gasteiger partial charge in [-0.25, -0.2) is 4.98 Å². The average Bonchev–Trinajstić information content (AvgIpc) is 3.36. The summed E-state index contributed by atoms with van der Waals surface area (Å²) in [4.78, 5) is 14.8. The fourth-order valence-electron chi connectivity index (χ4n) is 5.66. The van der Waals surface area contributed by atoms with Gasteiger partial charge >= 0.3 is 0 Å². The van der Waals surface area contributed by atoms with Crippen molar-refractivity contribution in [3.8, 4) is 45.3 Å². The van der Waals surface area contributed by atoms with E-state index < -0.39 is 0 Å². The number of pyridine rings is 2. The predicted molar refractivity (Wildman–Crippen MR) is 172 cm³/mol. The number of aromatic nitrogens is 4. The first-order valence-corrected chi connectivity index (χ1v) is 14.5. The van der Waals surface area contributed by atoms with Crippen LogP contribution >= 0.6 is 0 Å². The third kappa shape index (κ3) is 5.18. The molecule has 0 unspecified atom stereocenters. The van der Waals surface area contributed by atoms with Gasteiger partial charge in [0.25, 0.3) is 0 Å². The van der Waals surface area contributed by atoms with E-state index in [0.717, 1.165) is 51.2 Å². The molecule has 0 spiro atoms. The van der Waals surface area contributed by atoms with Crippen LogP contribution in [-0.2, 0) is 11.8 Å². The Hall–Kier alpha value is -4.77. The maximum Gasteiger partial charge on any atom is 0.149 e. The number of rotatable bonds is 6. The number of hydrogen-bond acceptors (Lipinski definition) is 4. The van der Waals surface area contributed by atoms with Gasteiger partial charge in [0.15, 0.2) is 0 Å². The standard InChI is InChI=1S/C37H36N4O/c1-24(2)20-25-21-26(31-16-9-10-18-38-31)23-27(22-25)33-34-32(17-19-39-33)41(28-12-7-6-8-13-28)36(40-34)29-14-11-15-30(35(29)42)37(3,4)5/h6-19,21-24,42H,20H2,1-5H3. The summed E-state index contributed by atoms with van der Waals surface area (Å²) in [5.41, 5.74) is 9.04. The molecule has 3 aromatic heterocycles. The molecule has 0 saturated carbocycles. The van der Waals surface area contributed by atoms with Gasteiger partial charge in [-0.15, -0.1) is 0 Å². The van der Waals surface area contributed by atoms with Crippen molar-refractivity contribution in [3.63, 3.8) is 0 Å². The Morgan fingerprint density at radius 3 is 2.26 bits per heavy atom. The zero-order valence-corrected chi connectivity index (χ0v) is 24.8. The normalized spacial score (nSPS) is 11.9. The van der Waals surface area contributed by atoms with Gasteiger partial charge in [0.1, 0.15) is 17.1 Å². The van der Waals surface area contributed by atoms with Crippen LogP contribution in [0, 0.1) is 5.92 Å². The molecule has 0 saturated heterocycles. The van der Waals surface area contributed by atoms with E-state index in [1.54, 1.807) is 0 Å². The summed E-state index contributed by atoms with van der Waals surface area (Å²) in [7, 11) is 0. The highest BCUT2D eigenvalue weighted by molar-refractivity contribution is 5.94. The molecular weight excluding hydrogens is 516 g/mol. The number of aromatic hydroxyl groups is 1. The van der Waals surface area contributed by atoms with E-state index in [0.29, 0.717) is 17.3 Å². The van der Waals surface area contributed by atoms with Crippen LogP contribution in [0.15, 0.2) is 103 Å². The lowest BCUT2D eigenvalue weighted by atomic mass is 9.85. The molecule has 0 bridgehead atoms. The van der Waals surface area contributed by atoms with Gasteiger partial charge in [-0.3, -0.25) is 14.5 Å². The average molecular weight is 553 g/mol. The predicted octanol–water partition coefficient (Wildman–Crippen LogP) is 9.02. The minimum absolute atomic E-state index is 0.227. The van der Waals surface area contributed by atoms with Gasteiger partial charge in [-0.05, 0) is 83.5 Å². The summed E-state index contributed by atoms with van der Waals surface area (Å²) >= 11 is 0. The molecule has 0 amide bonds. The zero-order chi connectivity index (χ0) is 29.4. The van der Waals surface area contributed by atoms with E-state index in [1.807, 2.05) is 73.1 Å².